The molecule has 1 aromatic rings. The molecular formula is C21H30N2O4. The molecule has 4 N–H and O–H groups in total. The molecule has 0 unspecified atom stereocenters. The first-order chi connectivity index (χ1) is 13.0. The van der Waals surface area contributed by atoms with Crippen LogP contribution in [0.4, 0.5) is 0 Å². The topological polar surface area (TPSA) is 117 Å². The first-order valence-electron chi connectivity index (χ1n) is 9.87. The van der Waals surface area contributed by atoms with Gasteiger partial charge in [-0.3, -0.25) is 4.79 Å². The van der Waals surface area contributed by atoms with Crippen molar-refractivity contribution < 1.29 is 20.1 Å². The zero-order chi connectivity index (χ0) is 19.8. The summed E-state index contributed by atoms with van der Waals surface area (Å²) in [5.41, 5.74) is 3.09. The highest BCUT2D eigenvalue weighted by molar-refractivity contribution is 5.66. The van der Waals surface area contributed by atoms with Crippen LogP contribution in [0.3, 0.4) is 0 Å². The van der Waals surface area contributed by atoms with Crippen LogP contribution in [-0.2, 0) is 17.6 Å². The molecule has 0 saturated heterocycles. The minimum atomic E-state index is -0.810. The zero-order valence-electron chi connectivity index (χ0n) is 15.9. The van der Waals surface area contributed by atoms with Crippen molar-refractivity contribution in [2.75, 3.05) is 0 Å². The average molecular weight is 374 g/mol. The van der Waals surface area contributed by atoms with E-state index in [4.69, 9.17) is 5.11 Å². The number of unbranched alkanes of at least 4 members (excludes halogenated alkanes) is 3. The number of aliphatic hydroxyl groups is 2. The predicted molar refractivity (Wildman–Crippen MR) is 102 cm³/mol. The van der Waals surface area contributed by atoms with E-state index < -0.39 is 18.2 Å². The Hall–Kier alpha value is -2.10. The number of carboxylic acid groups (broad SMARTS) is 1. The Kier molecular flexibility index (Phi) is 8.08. The van der Waals surface area contributed by atoms with E-state index in [1.807, 2.05) is 6.08 Å². The van der Waals surface area contributed by atoms with Gasteiger partial charge in [-0.1, -0.05) is 38.3 Å². The lowest BCUT2D eigenvalue weighted by molar-refractivity contribution is -0.137. The van der Waals surface area contributed by atoms with Gasteiger partial charge in [-0.2, -0.15) is 5.26 Å². The molecule has 3 atom stereocenters. The molecule has 1 aliphatic carbocycles. The van der Waals surface area contributed by atoms with Crippen LogP contribution in [0.5, 0.6) is 0 Å². The number of fused-ring (bicyclic) bond motifs is 1. The lowest BCUT2D eigenvalue weighted by atomic mass is 9.95. The second kappa shape index (κ2) is 10.3. The summed E-state index contributed by atoms with van der Waals surface area (Å²) in [6.07, 6.45) is 8.76. The highest BCUT2D eigenvalue weighted by Gasteiger charge is 2.35. The van der Waals surface area contributed by atoms with Crippen molar-refractivity contribution in [3.05, 3.63) is 34.7 Å². The maximum Gasteiger partial charge on any atom is 0.303 e. The SMILES string of the molecule is CCCCC[C@H](O)/C=C/[C@@H]1c2c([nH]c(CCCCC(=O)O)c2C#N)C[C@H]1O. The van der Waals surface area contributed by atoms with Gasteiger partial charge in [0.1, 0.15) is 6.07 Å². The highest BCUT2D eigenvalue weighted by Crippen LogP contribution is 2.38. The molecule has 0 aromatic carbocycles. The van der Waals surface area contributed by atoms with E-state index in [1.54, 1.807) is 6.08 Å². The van der Waals surface area contributed by atoms with Crippen LogP contribution in [0.15, 0.2) is 12.2 Å². The number of nitriles is 1. The molecule has 1 aromatic heterocycles. The molecule has 0 bridgehead atoms. The molecule has 0 fully saturated rings. The van der Waals surface area contributed by atoms with Gasteiger partial charge >= 0.3 is 5.97 Å². The number of aromatic amines is 1. The highest BCUT2D eigenvalue weighted by atomic mass is 16.4. The van der Waals surface area contributed by atoms with E-state index in [0.717, 1.165) is 36.2 Å². The molecule has 1 heterocycles. The van der Waals surface area contributed by atoms with E-state index in [1.165, 1.54) is 0 Å². The summed E-state index contributed by atoms with van der Waals surface area (Å²) >= 11 is 0. The standard InChI is InChI=1S/C21H30N2O4/c1-2-3-4-7-14(24)10-11-15-19(25)12-18-21(15)16(13-22)17(23-18)8-5-6-9-20(26)27/h10-11,14-15,19,23-25H,2-9,12H2,1H3,(H,26,27)/b11-10+/t14-,15-,19+/m0/s1. The number of aliphatic carboxylic acids is 1. The van der Waals surface area contributed by atoms with Crippen molar-refractivity contribution in [3.8, 4) is 6.07 Å². The van der Waals surface area contributed by atoms with Gasteiger partial charge in [0, 0.05) is 35.7 Å². The summed E-state index contributed by atoms with van der Waals surface area (Å²) in [5.74, 6) is -1.10. The molecule has 0 amide bonds. The number of nitrogens with zero attached hydrogens (tertiary/aromatic N) is 1. The zero-order valence-corrected chi connectivity index (χ0v) is 15.9. The van der Waals surface area contributed by atoms with Crippen LogP contribution in [-0.4, -0.2) is 38.5 Å². The van der Waals surface area contributed by atoms with Gasteiger partial charge in [0.15, 0.2) is 0 Å². The summed E-state index contributed by atoms with van der Waals surface area (Å²) in [5, 5.41) is 38.8. The van der Waals surface area contributed by atoms with E-state index >= 15 is 0 Å². The van der Waals surface area contributed by atoms with E-state index in [0.29, 0.717) is 37.7 Å². The van der Waals surface area contributed by atoms with E-state index in [-0.39, 0.29) is 12.3 Å². The van der Waals surface area contributed by atoms with Crippen LogP contribution in [0, 0.1) is 11.3 Å². The van der Waals surface area contributed by atoms with Crippen LogP contribution >= 0.6 is 0 Å². The Morgan fingerprint density at radius 3 is 2.81 bits per heavy atom. The molecule has 0 spiro atoms. The molecule has 0 radical (unpaired) electrons. The third-order valence-electron chi connectivity index (χ3n) is 5.18. The van der Waals surface area contributed by atoms with Crippen LogP contribution < -0.4 is 0 Å². The van der Waals surface area contributed by atoms with E-state index in [9.17, 15) is 20.3 Å². The maximum absolute atomic E-state index is 10.6. The van der Waals surface area contributed by atoms with Gasteiger partial charge in [0.2, 0.25) is 0 Å². The minimum Gasteiger partial charge on any atom is -0.481 e. The van der Waals surface area contributed by atoms with Crippen molar-refractivity contribution in [1.29, 1.82) is 5.26 Å². The van der Waals surface area contributed by atoms with Crippen molar-refractivity contribution in [1.82, 2.24) is 4.98 Å². The molecule has 6 nitrogen and oxygen atoms in total. The first-order valence-corrected chi connectivity index (χ1v) is 9.87. The number of carbonyl (C=O) groups is 1. The monoisotopic (exact) mass is 374 g/mol. The third-order valence-corrected chi connectivity index (χ3v) is 5.18. The Morgan fingerprint density at radius 1 is 1.37 bits per heavy atom. The first kappa shape index (κ1) is 21.2. The number of H-pyrrole nitrogens is 1. The Balaban J connectivity index is 2.07. The number of aryl methyl sites for hydroxylation is 1. The largest absolute Gasteiger partial charge is 0.481 e. The number of aliphatic hydroxyl groups excluding tert-OH is 2. The molecule has 0 aliphatic heterocycles. The Bertz CT molecular complexity index is 702. The lowest BCUT2D eigenvalue weighted by Crippen LogP contribution is -2.14. The van der Waals surface area contributed by atoms with Crippen molar-refractivity contribution in [3.63, 3.8) is 0 Å². The average Bonchev–Trinajstić information content (AvgIpc) is 3.11. The molecule has 2 rings (SSSR count). The van der Waals surface area contributed by atoms with Gasteiger partial charge in [-0.15, -0.1) is 0 Å². The summed E-state index contributed by atoms with van der Waals surface area (Å²) in [6.45, 7) is 2.12. The quantitative estimate of drug-likeness (QED) is 0.350. The lowest BCUT2D eigenvalue weighted by Gasteiger charge is -2.13. The van der Waals surface area contributed by atoms with Crippen LogP contribution in [0.1, 0.15) is 80.3 Å². The van der Waals surface area contributed by atoms with Gasteiger partial charge < -0.3 is 20.3 Å². The van der Waals surface area contributed by atoms with Gasteiger partial charge in [-0.25, -0.2) is 0 Å². The maximum atomic E-state index is 10.6. The molecule has 148 valence electrons. The molecular weight excluding hydrogens is 344 g/mol. The second-order valence-corrected chi connectivity index (χ2v) is 7.33. The molecule has 1 aliphatic rings. The van der Waals surface area contributed by atoms with Gasteiger partial charge in [-0.05, 0) is 25.7 Å². The number of nitrogens with one attached hydrogen (secondary N) is 1. The van der Waals surface area contributed by atoms with Crippen molar-refractivity contribution in [2.45, 2.75) is 82.8 Å². The molecule has 6 heteroatoms. The number of aromatic nitrogens is 1. The Morgan fingerprint density at radius 2 is 2.15 bits per heavy atom. The molecule has 0 saturated carbocycles. The fourth-order valence-corrected chi connectivity index (χ4v) is 3.75. The summed E-state index contributed by atoms with van der Waals surface area (Å²) in [6, 6.07) is 2.25. The third kappa shape index (κ3) is 5.69. The van der Waals surface area contributed by atoms with E-state index in [2.05, 4.69) is 18.0 Å². The number of hydrogen-bond donors (Lipinski definition) is 4. The second-order valence-electron chi connectivity index (χ2n) is 7.33. The van der Waals surface area contributed by atoms with Gasteiger partial charge in [0.05, 0.1) is 17.8 Å². The number of rotatable bonds is 11. The summed E-state index contributed by atoms with van der Waals surface area (Å²) in [4.78, 5) is 13.9. The summed E-state index contributed by atoms with van der Waals surface area (Å²) < 4.78 is 0. The fourth-order valence-electron chi connectivity index (χ4n) is 3.75. The minimum absolute atomic E-state index is 0.127. The summed E-state index contributed by atoms with van der Waals surface area (Å²) in [7, 11) is 0. The van der Waals surface area contributed by atoms with Gasteiger partial charge in [0.25, 0.3) is 0 Å². The fraction of sp³-hybridized carbons (Fsp3) is 0.619. The van der Waals surface area contributed by atoms with Crippen molar-refractivity contribution >= 4 is 5.97 Å². The predicted octanol–water partition coefficient (Wildman–Crippen LogP) is 3.18. The van der Waals surface area contributed by atoms with Crippen LogP contribution in [0.2, 0.25) is 0 Å². The number of hydrogen-bond acceptors (Lipinski definition) is 4. The normalized spacial score (nSPS) is 19.9. The van der Waals surface area contributed by atoms with Crippen LogP contribution in [0.25, 0.3) is 0 Å². The molecule has 27 heavy (non-hydrogen) atoms. The van der Waals surface area contributed by atoms with Crippen molar-refractivity contribution in [2.24, 2.45) is 0 Å². The Labute approximate surface area is 160 Å². The number of carboxylic acids is 1. The smallest absolute Gasteiger partial charge is 0.303 e.